The number of likely N-dealkylation sites (N-methyl/N-ethyl adjacent to an activating group) is 1. The summed E-state index contributed by atoms with van der Waals surface area (Å²) in [5, 5.41) is 2.99. The molecule has 0 aromatic rings. The van der Waals surface area contributed by atoms with Gasteiger partial charge in [0.25, 0.3) is 0 Å². The summed E-state index contributed by atoms with van der Waals surface area (Å²) < 4.78 is 0. The van der Waals surface area contributed by atoms with Crippen LogP contribution in [0.1, 0.15) is 27.2 Å². The van der Waals surface area contributed by atoms with Crippen molar-refractivity contribution in [2.75, 3.05) is 27.2 Å². The van der Waals surface area contributed by atoms with Crippen molar-refractivity contribution in [3.8, 4) is 0 Å². The first-order valence-corrected chi connectivity index (χ1v) is 6.08. The summed E-state index contributed by atoms with van der Waals surface area (Å²) in [7, 11) is 4.08. The third kappa shape index (κ3) is 4.94. The third-order valence-electron chi connectivity index (χ3n) is 3.07. The lowest BCUT2D eigenvalue weighted by atomic mass is 10.0. The van der Waals surface area contributed by atoms with Crippen LogP contribution in [0.15, 0.2) is 0 Å². The first kappa shape index (κ1) is 15.4. The van der Waals surface area contributed by atoms with E-state index < -0.39 is 0 Å². The molecule has 2 atom stereocenters. The number of carbonyl (C=O) groups is 1. The molecule has 96 valence electrons. The minimum Gasteiger partial charge on any atom is -0.354 e. The minimum atomic E-state index is -0.0463. The molecule has 0 rings (SSSR count). The molecule has 0 aliphatic carbocycles. The molecule has 0 bridgehead atoms. The molecule has 0 aliphatic heterocycles. The van der Waals surface area contributed by atoms with Crippen molar-refractivity contribution in [3.05, 3.63) is 0 Å². The van der Waals surface area contributed by atoms with Gasteiger partial charge in [-0.3, -0.25) is 4.79 Å². The van der Waals surface area contributed by atoms with Crippen LogP contribution in [0.5, 0.6) is 0 Å². The highest BCUT2D eigenvalue weighted by molar-refractivity contribution is 5.78. The molecule has 0 heterocycles. The summed E-state index contributed by atoms with van der Waals surface area (Å²) in [6.07, 6.45) is 0.802. The van der Waals surface area contributed by atoms with Crippen molar-refractivity contribution in [1.82, 2.24) is 10.2 Å². The molecule has 1 amide bonds. The molecule has 3 N–H and O–H groups in total. The fourth-order valence-corrected chi connectivity index (χ4v) is 1.82. The first-order valence-electron chi connectivity index (χ1n) is 6.08. The molecule has 0 radical (unpaired) electrons. The van der Waals surface area contributed by atoms with Gasteiger partial charge >= 0.3 is 0 Å². The topological polar surface area (TPSA) is 58.4 Å². The maximum atomic E-state index is 11.7. The molecule has 0 saturated heterocycles. The van der Waals surface area contributed by atoms with Crippen LogP contribution in [0.2, 0.25) is 0 Å². The Morgan fingerprint density at radius 2 is 1.94 bits per heavy atom. The van der Waals surface area contributed by atoms with Crippen LogP contribution >= 0.6 is 0 Å². The minimum absolute atomic E-state index is 0.0463. The SMILES string of the molecule is CCC(CN)C(=O)NCC(C(C)C)N(C)C. The number of rotatable bonds is 7. The first-order chi connectivity index (χ1) is 7.43. The highest BCUT2D eigenvalue weighted by Crippen LogP contribution is 2.07. The number of nitrogens with two attached hydrogens (primary N) is 1. The van der Waals surface area contributed by atoms with Gasteiger partial charge < -0.3 is 16.0 Å². The van der Waals surface area contributed by atoms with Crippen molar-refractivity contribution in [1.29, 1.82) is 0 Å². The van der Waals surface area contributed by atoms with Crippen LogP contribution in [0, 0.1) is 11.8 Å². The van der Waals surface area contributed by atoms with Crippen LogP contribution in [0.3, 0.4) is 0 Å². The molecule has 2 unspecified atom stereocenters. The van der Waals surface area contributed by atoms with Crippen molar-refractivity contribution in [2.45, 2.75) is 33.2 Å². The number of carbonyl (C=O) groups excluding carboxylic acids is 1. The molecule has 0 fully saturated rings. The van der Waals surface area contributed by atoms with Gasteiger partial charge in [-0.15, -0.1) is 0 Å². The van der Waals surface area contributed by atoms with E-state index in [0.717, 1.165) is 6.42 Å². The molecular weight excluding hydrogens is 202 g/mol. The number of hydrogen-bond acceptors (Lipinski definition) is 3. The lowest BCUT2D eigenvalue weighted by Crippen LogP contribution is -2.45. The summed E-state index contributed by atoms with van der Waals surface area (Å²) in [6.45, 7) is 7.44. The Balaban J connectivity index is 4.15. The quantitative estimate of drug-likeness (QED) is 0.675. The summed E-state index contributed by atoms with van der Waals surface area (Å²) in [5.74, 6) is 0.556. The predicted octanol–water partition coefficient (Wildman–Crippen LogP) is 0.674. The molecule has 0 aromatic heterocycles. The molecule has 0 aromatic carbocycles. The normalized spacial score (nSPS) is 15.2. The highest BCUT2D eigenvalue weighted by atomic mass is 16.1. The maximum absolute atomic E-state index is 11.7. The smallest absolute Gasteiger partial charge is 0.224 e. The Kier molecular flexibility index (Phi) is 7.34. The van der Waals surface area contributed by atoms with Gasteiger partial charge in [-0.25, -0.2) is 0 Å². The summed E-state index contributed by atoms with van der Waals surface area (Å²) in [6, 6.07) is 0.374. The number of hydrogen-bond donors (Lipinski definition) is 2. The molecule has 4 nitrogen and oxygen atoms in total. The van der Waals surface area contributed by atoms with Crippen LogP contribution in [0.4, 0.5) is 0 Å². The highest BCUT2D eigenvalue weighted by Gasteiger charge is 2.19. The van der Waals surface area contributed by atoms with E-state index in [9.17, 15) is 4.79 Å². The average molecular weight is 229 g/mol. The zero-order chi connectivity index (χ0) is 12.7. The third-order valence-corrected chi connectivity index (χ3v) is 3.07. The monoisotopic (exact) mass is 229 g/mol. The van der Waals surface area contributed by atoms with Crippen LogP contribution in [-0.4, -0.2) is 44.0 Å². The largest absolute Gasteiger partial charge is 0.354 e. The van der Waals surface area contributed by atoms with Gasteiger partial charge in [0.1, 0.15) is 0 Å². The molecule has 0 saturated carbocycles. The van der Waals surface area contributed by atoms with Crippen molar-refractivity contribution in [3.63, 3.8) is 0 Å². The van der Waals surface area contributed by atoms with Crippen LogP contribution < -0.4 is 11.1 Å². The lowest BCUT2D eigenvalue weighted by molar-refractivity contribution is -0.125. The summed E-state index contributed by atoms with van der Waals surface area (Å²) in [5.41, 5.74) is 5.54. The van der Waals surface area contributed by atoms with E-state index in [1.807, 2.05) is 21.0 Å². The average Bonchev–Trinajstić information content (AvgIpc) is 2.18. The van der Waals surface area contributed by atoms with Gasteiger partial charge in [0, 0.05) is 25.0 Å². The Hall–Kier alpha value is -0.610. The standard InChI is InChI=1S/C12H27N3O/c1-6-10(7-13)12(16)14-8-11(9(2)3)15(4)5/h9-11H,6-8,13H2,1-5H3,(H,14,16). The summed E-state index contributed by atoms with van der Waals surface area (Å²) >= 11 is 0. The molecular formula is C12H27N3O. The van der Waals surface area contributed by atoms with E-state index in [2.05, 4.69) is 24.1 Å². The zero-order valence-corrected chi connectivity index (χ0v) is 11.3. The molecule has 16 heavy (non-hydrogen) atoms. The number of nitrogens with zero attached hydrogens (tertiary/aromatic N) is 1. The van der Waals surface area contributed by atoms with Gasteiger partial charge in [-0.2, -0.15) is 0 Å². The van der Waals surface area contributed by atoms with Gasteiger partial charge in [0.2, 0.25) is 5.91 Å². The maximum Gasteiger partial charge on any atom is 0.224 e. The number of amides is 1. The van der Waals surface area contributed by atoms with Gasteiger partial charge in [0.05, 0.1) is 0 Å². The van der Waals surface area contributed by atoms with E-state index in [4.69, 9.17) is 5.73 Å². The molecule has 4 heteroatoms. The Morgan fingerprint density at radius 3 is 2.25 bits per heavy atom. The lowest BCUT2D eigenvalue weighted by Gasteiger charge is -2.28. The second-order valence-corrected chi connectivity index (χ2v) is 4.86. The number of nitrogens with one attached hydrogen (secondary N) is 1. The second-order valence-electron chi connectivity index (χ2n) is 4.86. The van der Waals surface area contributed by atoms with E-state index in [0.29, 0.717) is 25.0 Å². The van der Waals surface area contributed by atoms with Gasteiger partial charge in [0.15, 0.2) is 0 Å². The molecule has 0 aliphatic rings. The van der Waals surface area contributed by atoms with Crippen molar-refractivity contribution >= 4 is 5.91 Å². The molecule has 0 spiro atoms. The fourth-order valence-electron chi connectivity index (χ4n) is 1.82. The van der Waals surface area contributed by atoms with Crippen LogP contribution in [0.25, 0.3) is 0 Å². The van der Waals surface area contributed by atoms with E-state index >= 15 is 0 Å². The van der Waals surface area contributed by atoms with E-state index in [1.165, 1.54) is 0 Å². The zero-order valence-electron chi connectivity index (χ0n) is 11.3. The van der Waals surface area contributed by atoms with Gasteiger partial charge in [-0.05, 0) is 26.4 Å². The van der Waals surface area contributed by atoms with E-state index in [-0.39, 0.29) is 11.8 Å². The van der Waals surface area contributed by atoms with Crippen molar-refractivity contribution < 1.29 is 4.79 Å². The second kappa shape index (κ2) is 7.63. The van der Waals surface area contributed by atoms with Crippen LogP contribution in [-0.2, 0) is 4.79 Å². The fraction of sp³-hybridized carbons (Fsp3) is 0.917. The summed E-state index contributed by atoms with van der Waals surface area (Å²) in [4.78, 5) is 13.9. The van der Waals surface area contributed by atoms with E-state index in [1.54, 1.807) is 0 Å². The Morgan fingerprint density at radius 1 is 1.38 bits per heavy atom. The van der Waals surface area contributed by atoms with Gasteiger partial charge in [-0.1, -0.05) is 20.8 Å². The Labute approximate surface area is 99.6 Å². The Bertz CT molecular complexity index is 192. The van der Waals surface area contributed by atoms with Crippen molar-refractivity contribution in [2.24, 2.45) is 17.6 Å². The predicted molar refractivity (Wildman–Crippen MR) is 68.2 cm³/mol.